The molecule has 3 aromatic rings. The molecule has 7 heteroatoms. The predicted octanol–water partition coefficient (Wildman–Crippen LogP) is 4.57. The minimum atomic E-state index is -0.372. The standard InChI is InChI=1S/C18H17BrN2O3S/c1-3-24-18(22)17-13(20-16-9-8-12(19)10-21(16)17)11-25-15-7-5-4-6-14(15)23-2/h4-10H,3,11H2,1-2H3. The highest BCUT2D eigenvalue weighted by atomic mass is 79.9. The number of esters is 1. The molecule has 1 aromatic carbocycles. The highest BCUT2D eigenvalue weighted by Gasteiger charge is 2.21. The smallest absolute Gasteiger partial charge is 0.357 e. The number of carbonyl (C=O) groups excluding carboxylic acids is 1. The van der Waals surface area contributed by atoms with Gasteiger partial charge in [-0.15, -0.1) is 11.8 Å². The van der Waals surface area contributed by atoms with E-state index in [1.165, 1.54) is 0 Å². The lowest BCUT2D eigenvalue weighted by atomic mass is 10.3. The van der Waals surface area contributed by atoms with E-state index < -0.39 is 0 Å². The predicted molar refractivity (Wildman–Crippen MR) is 101 cm³/mol. The van der Waals surface area contributed by atoms with E-state index in [9.17, 15) is 4.79 Å². The van der Waals surface area contributed by atoms with Crippen LogP contribution in [0.15, 0.2) is 52.0 Å². The second-order valence-electron chi connectivity index (χ2n) is 5.14. The molecule has 2 aromatic heterocycles. The molecule has 0 aliphatic heterocycles. The van der Waals surface area contributed by atoms with Crippen LogP contribution < -0.4 is 4.74 Å². The zero-order valence-electron chi connectivity index (χ0n) is 13.9. The lowest BCUT2D eigenvalue weighted by molar-refractivity contribution is 0.0517. The van der Waals surface area contributed by atoms with Crippen LogP contribution in [0.5, 0.6) is 5.75 Å². The van der Waals surface area contributed by atoms with Gasteiger partial charge in [0.25, 0.3) is 0 Å². The third kappa shape index (κ3) is 3.82. The SMILES string of the molecule is CCOC(=O)c1c(CSc2ccccc2OC)nc2ccc(Br)cn12. The highest BCUT2D eigenvalue weighted by molar-refractivity contribution is 9.10. The van der Waals surface area contributed by atoms with Gasteiger partial charge in [-0.25, -0.2) is 9.78 Å². The first-order valence-electron chi connectivity index (χ1n) is 7.73. The number of fused-ring (bicyclic) bond motifs is 1. The van der Waals surface area contributed by atoms with Crippen molar-refractivity contribution in [1.82, 2.24) is 9.38 Å². The van der Waals surface area contributed by atoms with Gasteiger partial charge in [0.2, 0.25) is 0 Å². The number of nitrogens with zero attached hydrogens (tertiary/aromatic N) is 2. The Morgan fingerprint density at radius 2 is 2.08 bits per heavy atom. The number of benzene rings is 1. The molecule has 0 atom stereocenters. The fourth-order valence-electron chi connectivity index (χ4n) is 2.47. The Morgan fingerprint density at radius 1 is 1.28 bits per heavy atom. The van der Waals surface area contributed by atoms with Gasteiger partial charge in [-0.05, 0) is 47.1 Å². The first-order chi connectivity index (χ1) is 12.1. The summed E-state index contributed by atoms with van der Waals surface area (Å²) in [6.45, 7) is 2.11. The molecule has 0 amide bonds. The van der Waals surface area contributed by atoms with Crippen LogP contribution in [0.2, 0.25) is 0 Å². The van der Waals surface area contributed by atoms with Gasteiger partial charge in [-0.3, -0.25) is 4.40 Å². The third-order valence-corrected chi connectivity index (χ3v) is 5.09. The summed E-state index contributed by atoms with van der Waals surface area (Å²) < 4.78 is 13.2. The van der Waals surface area contributed by atoms with E-state index in [-0.39, 0.29) is 5.97 Å². The van der Waals surface area contributed by atoms with Crippen molar-refractivity contribution < 1.29 is 14.3 Å². The molecule has 3 rings (SSSR count). The number of carbonyl (C=O) groups is 1. The average Bonchev–Trinajstić information content (AvgIpc) is 2.98. The molecular weight excluding hydrogens is 404 g/mol. The van der Waals surface area contributed by atoms with Crippen LogP contribution in [0.4, 0.5) is 0 Å². The van der Waals surface area contributed by atoms with Crippen LogP contribution in [-0.4, -0.2) is 29.1 Å². The van der Waals surface area contributed by atoms with Crippen molar-refractivity contribution in [2.75, 3.05) is 13.7 Å². The molecule has 0 aliphatic rings. The van der Waals surface area contributed by atoms with Gasteiger partial charge in [0, 0.05) is 21.3 Å². The molecule has 0 N–H and O–H groups in total. The van der Waals surface area contributed by atoms with Crippen LogP contribution in [0.1, 0.15) is 23.1 Å². The molecule has 0 saturated heterocycles. The lowest BCUT2D eigenvalue weighted by Crippen LogP contribution is -2.10. The number of imidazole rings is 1. The first-order valence-corrected chi connectivity index (χ1v) is 9.51. The summed E-state index contributed by atoms with van der Waals surface area (Å²) in [6, 6.07) is 11.5. The summed E-state index contributed by atoms with van der Waals surface area (Å²) in [5.41, 5.74) is 1.86. The largest absolute Gasteiger partial charge is 0.496 e. The molecule has 0 saturated carbocycles. The van der Waals surface area contributed by atoms with E-state index in [1.807, 2.05) is 42.6 Å². The summed E-state index contributed by atoms with van der Waals surface area (Å²) >= 11 is 5.01. The van der Waals surface area contributed by atoms with Gasteiger partial charge in [0.1, 0.15) is 11.4 Å². The second-order valence-corrected chi connectivity index (χ2v) is 7.08. The summed E-state index contributed by atoms with van der Waals surface area (Å²) in [6.07, 6.45) is 1.83. The number of rotatable bonds is 6. The van der Waals surface area contributed by atoms with Crippen molar-refractivity contribution in [3.63, 3.8) is 0 Å². The van der Waals surface area contributed by atoms with Gasteiger partial charge in [-0.2, -0.15) is 0 Å². The fourth-order valence-corrected chi connectivity index (χ4v) is 3.77. The number of hydrogen-bond donors (Lipinski definition) is 0. The van der Waals surface area contributed by atoms with E-state index in [0.717, 1.165) is 15.1 Å². The number of methoxy groups -OCH3 is 1. The second kappa shape index (κ2) is 7.93. The summed E-state index contributed by atoms with van der Waals surface area (Å²) in [5, 5.41) is 0. The van der Waals surface area contributed by atoms with Crippen molar-refractivity contribution in [2.24, 2.45) is 0 Å². The Hall–Kier alpha value is -1.99. The summed E-state index contributed by atoms with van der Waals surface area (Å²) in [7, 11) is 1.64. The molecule has 5 nitrogen and oxygen atoms in total. The Labute approximate surface area is 158 Å². The first kappa shape index (κ1) is 17.8. The Kier molecular flexibility index (Phi) is 5.65. The quantitative estimate of drug-likeness (QED) is 0.431. The number of ether oxygens (including phenoxy) is 2. The van der Waals surface area contributed by atoms with Crippen molar-refractivity contribution in [2.45, 2.75) is 17.6 Å². The number of thioether (sulfide) groups is 1. The van der Waals surface area contributed by atoms with Crippen LogP contribution in [0.3, 0.4) is 0 Å². The molecular formula is C18H17BrN2O3S. The van der Waals surface area contributed by atoms with E-state index in [2.05, 4.69) is 20.9 Å². The average molecular weight is 421 g/mol. The van der Waals surface area contributed by atoms with E-state index in [1.54, 1.807) is 30.2 Å². The number of halogens is 1. The van der Waals surface area contributed by atoms with Gasteiger partial charge in [0.15, 0.2) is 5.69 Å². The van der Waals surface area contributed by atoms with Gasteiger partial charge >= 0.3 is 5.97 Å². The monoisotopic (exact) mass is 420 g/mol. The van der Waals surface area contributed by atoms with Crippen LogP contribution in [0.25, 0.3) is 5.65 Å². The van der Waals surface area contributed by atoms with Crippen molar-refractivity contribution in [3.8, 4) is 5.75 Å². The molecule has 0 aliphatic carbocycles. The lowest BCUT2D eigenvalue weighted by Gasteiger charge is -2.08. The number of aromatic nitrogens is 2. The minimum absolute atomic E-state index is 0.319. The van der Waals surface area contributed by atoms with Crippen molar-refractivity contribution >= 4 is 39.3 Å². The van der Waals surface area contributed by atoms with Gasteiger partial charge in [0.05, 0.1) is 19.4 Å². The van der Waals surface area contributed by atoms with Crippen LogP contribution >= 0.6 is 27.7 Å². The molecule has 0 fully saturated rings. The number of para-hydroxylation sites is 1. The molecule has 25 heavy (non-hydrogen) atoms. The highest BCUT2D eigenvalue weighted by Crippen LogP contribution is 2.32. The Morgan fingerprint density at radius 3 is 2.84 bits per heavy atom. The Balaban J connectivity index is 1.97. The molecule has 0 unspecified atom stereocenters. The van der Waals surface area contributed by atoms with Crippen LogP contribution in [0, 0.1) is 0 Å². The van der Waals surface area contributed by atoms with Crippen LogP contribution in [-0.2, 0) is 10.5 Å². The zero-order valence-corrected chi connectivity index (χ0v) is 16.3. The number of hydrogen-bond acceptors (Lipinski definition) is 5. The Bertz CT molecular complexity index is 910. The maximum absolute atomic E-state index is 12.5. The topological polar surface area (TPSA) is 52.8 Å². The molecule has 130 valence electrons. The zero-order chi connectivity index (χ0) is 17.8. The maximum Gasteiger partial charge on any atom is 0.357 e. The molecule has 2 heterocycles. The maximum atomic E-state index is 12.5. The normalized spacial score (nSPS) is 10.8. The van der Waals surface area contributed by atoms with Crippen molar-refractivity contribution in [1.29, 1.82) is 0 Å². The van der Waals surface area contributed by atoms with E-state index in [4.69, 9.17) is 9.47 Å². The molecule has 0 radical (unpaired) electrons. The van der Waals surface area contributed by atoms with E-state index in [0.29, 0.717) is 29.4 Å². The molecule has 0 spiro atoms. The van der Waals surface area contributed by atoms with E-state index >= 15 is 0 Å². The summed E-state index contributed by atoms with van der Waals surface area (Å²) in [4.78, 5) is 18.1. The van der Waals surface area contributed by atoms with Crippen molar-refractivity contribution in [3.05, 3.63) is 58.5 Å². The fraction of sp³-hybridized carbons (Fsp3) is 0.222. The molecule has 0 bridgehead atoms. The number of pyridine rings is 1. The summed E-state index contributed by atoms with van der Waals surface area (Å²) in [5.74, 6) is 0.966. The minimum Gasteiger partial charge on any atom is -0.496 e. The third-order valence-electron chi connectivity index (χ3n) is 3.56. The van der Waals surface area contributed by atoms with Gasteiger partial charge < -0.3 is 9.47 Å². The van der Waals surface area contributed by atoms with Gasteiger partial charge in [-0.1, -0.05) is 12.1 Å².